The van der Waals surface area contributed by atoms with Crippen LogP contribution in [0.4, 0.5) is 13.2 Å². The quantitative estimate of drug-likeness (QED) is 0.260. The number of alkyl halides is 3. The highest BCUT2D eigenvalue weighted by molar-refractivity contribution is 7.99. The van der Waals surface area contributed by atoms with Crippen LogP contribution in [-0.2, 0) is 16.0 Å². The van der Waals surface area contributed by atoms with Crippen molar-refractivity contribution in [3.05, 3.63) is 34.7 Å². The monoisotopic (exact) mass is 520 g/mol. The van der Waals surface area contributed by atoms with E-state index in [-0.39, 0.29) is 22.2 Å². The summed E-state index contributed by atoms with van der Waals surface area (Å²) in [5.41, 5.74) is -1.66. The standard InChI is InChI=1S/C22H27F3N2O3S3/c1-2-3-4-5-6-7-11-33(29,30)15-16(28)14-32-21-17(13-26)18(22(23,24)25)12-19(27-21)20-9-8-10-31-20/h8-10,12,16,28H,2-7,11,14-15H2,1H3/t16-/m1/s1. The molecule has 1 N–H and O–H groups in total. The summed E-state index contributed by atoms with van der Waals surface area (Å²) in [5, 5.41) is 21.1. The number of aliphatic hydroxyl groups excluding tert-OH is 1. The number of rotatable bonds is 13. The van der Waals surface area contributed by atoms with E-state index >= 15 is 0 Å². The molecule has 0 saturated carbocycles. The Morgan fingerprint density at radius 3 is 2.55 bits per heavy atom. The van der Waals surface area contributed by atoms with E-state index in [4.69, 9.17) is 0 Å². The van der Waals surface area contributed by atoms with Gasteiger partial charge in [0.15, 0.2) is 9.84 Å². The molecule has 0 fully saturated rings. The van der Waals surface area contributed by atoms with Gasteiger partial charge in [0, 0.05) is 5.75 Å². The molecule has 0 radical (unpaired) electrons. The van der Waals surface area contributed by atoms with Crippen molar-refractivity contribution in [2.75, 3.05) is 17.3 Å². The molecule has 11 heteroatoms. The lowest BCUT2D eigenvalue weighted by Gasteiger charge is -2.15. The second-order valence-corrected chi connectivity index (χ2v) is 11.9. The fourth-order valence-electron chi connectivity index (χ4n) is 3.21. The molecule has 182 valence electrons. The SMILES string of the molecule is CCCCCCCCS(=O)(=O)C[C@H](O)CSc1nc(-c2cccs2)cc(C(F)(F)F)c1C#N. The predicted octanol–water partition coefficient (Wildman–Crippen LogP) is 5.93. The van der Waals surface area contributed by atoms with Crippen LogP contribution >= 0.6 is 23.1 Å². The van der Waals surface area contributed by atoms with Crippen molar-refractivity contribution in [1.82, 2.24) is 4.98 Å². The van der Waals surface area contributed by atoms with Gasteiger partial charge in [-0.25, -0.2) is 13.4 Å². The van der Waals surface area contributed by atoms with E-state index in [0.29, 0.717) is 11.3 Å². The van der Waals surface area contributed by atoms with Crippen LogP contribution < -0.4 is 0 Å². The minimum Gasteiger partial charge on any atom is -0.391 e. The summed E-state index contributed by atoms with van der Waals surface area (Å²) in [6, 6.07) is 5.71. The number of thiophene rings is 1. The lowest BCUT2D eigenvalue weighted by atomic mass is 10.1. The molecule has 0 aliphatic heterocycles. The number of hydrogen-bond donors (Lipinski definition) is 1. The normalized spacial score (nSPS) is 13.1. The Labute approximate surface area is 201 Å². The van der Waals surface area contributed by atoms with Crippen LogP contribution in [0.2, 0.25) is 0 Å². The van der Waals surface area contributed by atoms with Crippen LogP contribution in [0.1, 0.15) is 56.6 Å². The van der Waals surface area contributed by atoms with Gasteiger partial charge in [0.2, 0.25) is 0 Å². The van der Waals surface area contributed by atoms with Crippen molar-refractivity contribution in [2.24, 2.45) is 0 Å². The number of aliphatic hydroxyl groups is 1. The number of aromatic nitrogens is 1. The number of thioether (sulfide) groups is 1. The van der Waals surface area contributed by atoms with Gasteiger partial charge in [0.25, 0.3) is 0 Å². The van der Waals surface area contributed by atoms with Crippen LogP contribution in [0.3, 0.4) is 0 Å². The van der Waals surface area contributed by atoms with Gasteiger partial charge in [0.05, 0.1) is 39.3 Å². The Bertz CT molecular complexity index is 1030. The molecule has 0 aromatic carbocycles. The van der Waals surface area contributed by atoms with E-state index < -0.39 is 39.0 Å². The van der Waals surface area contributed by atoms with E-state index in [0.717, 1.165) is 49.9 Å². The fourth-order valence-corrected chi connectivity index (χ4v) is 6.49. The largest absolute Gasteiger partial charge is 0.417 e. The molecule has 0 aliphatic rings. The first-order valence-corrected chi connectivity index (χ1v) is 14.3. The van der Waals surface area contributed by atoms with Crippen LogP contribution in [0, 0.1) is 11.3 Å². The Hall–Kier alpha value is -1.61. The van der Waals surface area contributed by atoms with Gasteiger partial charge in [-0.3, -0.25) is 0 Å². The molecule has 5 nitrogen and oxygen atoms in total. The van der Waals surface area contributed by atoms with Gasteiger partial charge in [0.1, 0.15) is 11.1 Å². The second-order valence-electron chi connectivity index (χ2n) is 7.67. The van der Waals surface area contributed by atoms with Crippen molar-refractivity contribution in [3.8, 4) is 16.6 Å². The Morgan fingerprint density at radius 2 is 1.94 bits per heavy atom. The summed E-state index contributed by atoms with van der Waals surface area (Å²) in [5.74, 6) is -0.704. The Kier molecular flexibility index (Phi) is 10.7. The molecule has 2 heterocycles. The second kappa shape index (κ2) is 12.7. The molecule has 0 bridgehead atoms. The van der Waals surface area contributed by atoms with Crippen molar-refractivity contribution in [3.63, 3.8) is 0 Å². The maximum absolute atomic E-state index is 13.6. The summed E-state index contributed by atoms with van der Waals surface area (Å²) in [7, 11) is -3.50. The summed E-state index contributed by atoms with van der Waals surface area (Å²) < 4.78 is 65.2. The molecule has 1 atom stereocenters. The molecule has 0 spiro atoms. The van der Waals surface area contributed by atoms with Crippen molar-refractivity contribution >= 4 is 32.9 Å². The highest BCUT2D eigenvalue weighted by Crippen LogP contribution is 2.38. The molecule has 0 unspecified atom stereocenters. The summed E-state index contributed by atoms with van der Waals surface area (Å²) in [6.07, 6.45) is -0.474. The highest BCUT2D eigenvalue weighted by atomic mass is 32.2. The number of nitrogens with zero attached hydrogens (tertiary/aromatic N) is 2. The molecular weight excluding hydrogens is 493 g/mol. The number of pyridine rings is 1. The number of unbranched alkanes of at least 4 members (excludes halogenated alkanes) is 5. The van der Waals surface area contributed by atoms with Gasteiger partial charge in [-0.15, -0.1) is 23.1 Å². The zero-order chi connectivity index (χ0) is 24.5. The minimum absolute atomic E-state index is 0.0331. The fraction of sp³-hybridized carbons (Fsp3) is 0.545. The van der Waals surface area contributed by atoms with E-state index in [1.165, 1.54) is 11.3 Å². The molecule has 0 saturated heterocycles. The Balaban J connectivity index is 2.07. The summed E-state index contributed by atoms with van der Waals surface area (Å²) >= 11 is 1.97. The maximum Gasteiger partial charge on any atom is 0.417 e. The summed E-state index contributed by atoms with van der Waals surface area (Å²) in [4.78, 5) is 4.71. The minimum atomic E-state index is -4.76. The average Bonchev–Trinajstić information content (AvgIpc) is 3.28. The average molecular weight is 521 g/mol. The van der Waals surface area contributed by atoms with Crippen LogP contribution in [0.25, 0.3) is 10.6 Å². The van der Waals surface area contributed by atoms with E-state index in [2.05, 4.69) is 11.9 Å². The van der Waals surface area contributed by atoms with E-state index in [1.807, 2.05) is 0 Å². The number of hydrogen-bond acceptors (Lipinski definition) is 7. The van der Waals surface area contributed by atoms with Crippen LogP contribution in [-0.4, -0.2) is 41.9 Å². The summed E-state index contributed by atoms with van der Waals surface area (Å²) in [6.45, 7) is 2.10. The lowest BCUT2D eigenvalue weighted by Crippen LogP contribution is -2.25. The zero-order valence-corrected chi connectivity index (χ0v) is 20.7. The molecule has 2 aromatic heterocycles. The highest BCUT2D eigenvalue weighted by Gasteiger charge is 2.36. The van der Waals surface area contributed by atoms with Crippen molar-refractivity contribution < 1.29 is 26.7 Å². The maximum atomic E-state index is 13.6. The number of halogens is 3. The van der Waals surface area contributed by atoms with Gasteiger partial charge in [-0.2, -0.15) is 18.4 Å². The lowest BCUT2D eigenvalue weighted by molar-refractivity contribution is -0.138. The third-order valence-corrected chi connectivity index (χ3v) is 8.66. The van der Waals surface area contributed by atoms with Gasteiger partial charge >= 0.3 is 6.18 Å². The van der Waals surface area contributed by atoms with Crippen molar-refractivity contribution in [1.29, 1.82) is 5.26 Å². The molecule has 0 aliphatic carbocycles. The molecule has 33 heavy (non-hydrogen) atoms. The van der Waals surface area contributed by atoms with Gasteiger partial charge < -0.3 is 5.11 Å². The third kappa shape index (κ3) is 8.92. The molecule has 0 amide bonds. The molecule has 2 rings (SSSR count). The Morgan fingerprint density at radius 1 is 1.24 bits per heavy atom. The first-order chi connectivity index (χ1) is 15.6. The van der Waals surface area contributed by atoms with E-state index in [9.17, 15) is 32.0 Å². The zero-order valence-electron chi connectivity index (χ0n) is 18.3. The first kappa shape index (κ1) is 27.6. The first-order valence-electron chi connectivity index (χ1n) is 10.6. The van der Waals surface area contributed by atoms with Crippen LogP contribution in [0.15, 0.2) is 28.6 Å². The van der Waals surface area contributed by atoms with Crippen LogP contribution in [0.5, 0.6) is 0 Å². The molecular formula is C22H27F3N2O3S3. The van der Waals surface area contributed by atoms with Gasteiger partial charge in [-0.1, -0.05) is 45.1 Å². The third-order valence-electron chi connectivity index (χ3n) is 4.84. The number of nitriles is 1. The number of sulfone groups is 1. The van der Waals surface area contributed by atoms with Gasteiger partial charge in [-0.05, 0) is 23.9 Å². The molecule has 2 aromatic rings. The van der Waals surface area contributed by atoms with Crippen molar-refractivity contribution in [2.45, 2.75) is 62.8 Å². The predicted molar refractivity (Wildman–Crippen MR) is 126 cm³/mol. The smallest absolute Gasteiger partial charge is 0.391 e. The van der Waals surface area contributed by atoms with E-state index in [1.54, 1.807) is 23.6 Å². The topological polar surface area (TPSA) is 91.1 Å².